The normalized spacial score (nSPS) is 11.8. The smallest absolute Gasteiger partial charge is 0.416 e. The Kier molecular flexibility index (Phi) is 4.62. The number of rotatable bonds is 2. The van der Waals surface area contributed by atoms with Crippen LogP contribution in [0.4, 0.5) is 13.2 Å². The molecule has 0 spiro atoms. The summed E-state index contributed by atoms with van der Waals surface area (Å²) in [6, 6.07) is 6.48. The molecule has 3 aromatic rings. The Bertz CT molecular complexity index is 1010. The molecule has 136 valence electrons. The van der Waals surface area contributed by atoms with E-state index in [4.69, 9.17) is 27.9 Å². The van der Waals surface area contributed by atoms with E-state index >= 15 is 0 Å². The van der Waals surface area contributed by atoms with Crippen molar-refractivity contribution in [1.29, 1.82) is 0 Å². The predicted molar refractivity (Wildman–Crippen MR) is 92.1 cm³/mol. The number of ether oxygens (including phenoxy) is 1. The lowest BCUT2D eigenvalue weighted by molar-refractivity contribution is -0.137. The van der Waals surface area contributed by atoms with Gasteiger partial charge in [-0.25, -0.2) is 4.68 Å². The summed E-state index contributed by atoms with van der Waals surface area (Å²) in [5.41, 5.74) is 0.151. The van der Waals surface area contributed by atoms with Crippen LogP contribution < -0.4 is 4.74 Å². The molecule has 3 rings (SSSR count). The Balaban J connectivity index is 2.26. The van der Waals surface area contributed by atoms with E-state index in [9.17, 15) is 18.0 Å². The van der Waals surface area contributed by atoms with Crippen LogP contribution in [0.5, 0.6) is 5.75 Å². The molecule has 0 saturated carbocycles. The summed E-state index contributed by atoms with van der Waals surface area (Å²) in [5.74, 6) is -0.215. The van der Waals surface area contributed by atoms with E-state index < -0.39 is 17.7 Å². The van der Waals surface area contributed by atoms with Crippen LogP contribution in [0.1, 0.15) is 18.2 Å². The molecule has 1 heterocycles. The molecule has 4 nitrogen and oxygen atoms in total. The van der Waals surface area contributed by atoms with Crippen LogP contribution >= 0.6 is 23.2 Å². The van der Waals surface area contributed by atoms with Crippen molar-refractivity contribution in [2.75, 3.05) is 0 Å². The van der Waals surface area contributed by atoms with E-state index in [2.05, 4.69) is 5.10 Å². The molecule has 0 aliphatic carbocycles. The van der Waals surface area contributed by atoms with Gasteiger partial charge in [0.2, 0.25) is 0 Å². The van der Waals surface area contributed by atoms with Crippen molar-refractivity contribution >= 4 is 40.1 Å². The minimum absolute atomic E-state index is 0.111. The molecule has 0 saturated heterocycles. The van der Waals surface area contributed by atoms with Crippen molar-refractivity contribution in [2.45, 2.75) is 20.0 Å². The van der Waals surface area contributed by atoms with E-state index in [0.29, 0.717) is 16.6 Å². The fourth-order valence-corrected chi connectivity index (χ4v) is 3.30. The summed E-state index contributed by atoms with van der Waals surface area (Å²) in [5, 5.41) is 4.45. The van der Waals surface area contributed by atoms with Crippen molar-refractivity contribution in [2.24, 2.45) is 0 Å². The first-order valence-corrected chi connectivity index (χ1v) is 8.08. The minimum atomic E-state index is -4.57. The van der Waals surface area contributed by atoms with Gasteiger partial charge in [-0.05, 0) is 31.2 Å². The number of aromatic nitrogens is 2. The van der Waals surface area contributed by atoms with Crippen LogP contribution in [0.15, 0.2) is 30.3 Å². The predicted octanol–water partition coefficient (Wildman–Crippen LogP) is 5.58. The minimum Gasteiger partial charge on any atom is -0.426 e. The van der Waals surface area contributed by atoms with Crippen LogP contribution in [0.25, 0.3) is 16.6 Å². The quantitative estimate of drug-likeness (QED) is 0.414. The molecule has 9 heteroatoms. The maximum atomic E-state index is 12.9. The van der Waals surface area contributed by atoms with Gasteiger partial charge in [0.05, 0.1) is 32.2 Å². The molecule has 0 amide bonds. The standard InChI is InChI=1S/C17H11Cl2F3N2O2/c1-8-15-13(4-3-5-14(15)26-9(2)25)24(23-8)16-11(18)6-10(7-12(16)19)17(20,21)22/h3-7H,1-2H3. The number of fused-ring (bicyclic) bond motifs is 1. The number of nitrogens with zero attached hydrogens (tertiary/aromatic N) is 2. The first-order chi connectivity index (χ1) is 12.1. The van der Waals surface area contributed by atoms with Crippen molar-refractivity contribution in [3.05, 3.63) is 51.6 Å². The third kappa shape index (κ3) is 3.24. The van der Waals surface area contributed by atoms with Crippen LogP contribution in [0.3, 0.4) is 0 Å². The van der Waals surface area contributed by atoms with Crippen LogP contribution in [-0.2, 0) is 11.0 Å². The van der Waals surface area contributed by atoms with Gasteiger partial charge >= 0.3 is 12.1 Å². The number of hydrogen-bond donors (Lipinski definition) is 0. The summed E-state index contributed by atoms with van der Waals surface area (Å²) >= 11 is 12.2. The van der Waals surface area contributed by atoms with Gasteiger partial charge in [0.1, 0.15) is 11.4 Å². The van der Waals surface area contributed by atoms with E-state index in [1.54, 1.807) is 25.1 Å². The first kappa shape index (κ1) is 18.5. The number of halogens is 5. The van der Waals surface area contributed by atoms with E-state index in [1.165, 1.54) is 11.6 Å². The molecule has 0 aliphatic heterocycles. The molecule has 0 unspecified atom stereocenters. The maximum absolute atomic E-state index is 12.9. The molecule has 26 heavy (non-hydrogen) atoms. The molecule has 0 aliphatic rings. The molecule has 1 aromatic heterocycles. The lowest BCUT2D eigenvalue weighted by Crippen LogP contribution is -2.07. The maximum Gasteiger partial charge on any atom is 0.416 e. The summed E-state index contributed by atoms with van der Waals surface area (Å²) in [6.45, 7) is 2.94. The highest BCUT2D eigenvalue weighted by atomic mass is 35.5. The zero-order chi connectivity index (χ0) is 19.2. The Morgan fingerprint density at radius 2 is 1.81 bits per heavy atom. The highest BCUT2D eigenvalue weighted by Crippen LogP contribution is 2.39. The number of carbonyl (C=O) groups is 1. The molecule has 0 bridgehead atoms. The largest absolute Gasteiger partial charge is 0.426 e. The van der Waals surface area contributed by atoms with Gasteiger partial charge < -0.3 is 4.74 Å². The van der Waals surface area contributed by atoms with Crippen LogP contribution in [0.2, 0.25) is 10.0 Å². The fraction of sp³-hybridized carbons (Fsp3) is 0.176. The monoisotopic (exact) mass is 402 g/mol. The molecular weight excluding hydrogens is 392 g/mol. The van der Waals surface area contributed by atoms with Crippen molar-refractivity contribution in [1.82, 2.24) is 9.78 Å². The molecule has 2 aromatic carbocycles. The van der Waals surface area contributed by atoms with Gasteiger partial charge in [0.25, 0.3) is 0 Å². The second-order valence-corrected chi connectivity index (χ2v) is 6.34. The Hall–Kier alpha value is -2.25. The van der Waals surface area contributed by atoms with E-state index in [1.807, 2.05) is 0 Å². The number of hydrogen-bond acceptors (Lipinski definition) is 3. The summed E-state index contributed by atoms with van der Waals surface area (Å²) in [4.78, 5) is 11.3. The van der Waals surface area contributed by atoms with Crippen molar-refractivity contribution in [3.63, 3.8) is 0 Å². The number of aryl methyl sites for hydroxylation is 1. The van der Waals surface area contributed by atoms with Gasteiger partial charge in [-0.15, -0.1) is 0 Å². The third-order valence-electron chi connectivity index (χ3n) is 3.65. The fourth-order valence-electron chi connectivity index (χ4n) is 2.66. The topological polar surface area (TPSA) is 44.1 Å². The first-order valence-electron chi connectivity index (χ1n) is 7.33. The van der Waals surface area contributed by atoms with Gasteiger partial charge in [-0.2, -0.15) is 18.3 Å². The molecule has 0 radical (unpaired) electrons. The average molecular weight is 403 g/mol. The Morgan fingerprint density at radius 3 is 2.35 bits per heavy atom. The van der Waals surface area contributed by atoms with Gasteiger partial charge in [-0.3, -0.25) is 4.79 Å². The SMILES string of the molecule is CC(=O)Oc1cccc2c1c(C)nn2-c1c(Cl)cc(C(F)(F)F)cc1Cl. The summed E-state index contributed by atoms with van der Waals surface area (Å²) in [7, 11) is 0. The zero-order valence-corrected chi connectivity index (χ0v) is 15.0. The number of benzene rings is 2. The molecular formula is C17H11Cl2F3N2O2. The molecule has 0 N–H and O–H groups in total. The van der Waals surface area contributed by atoms with Crippen molar-refractivity contribution < 1.29 is 22.7 Å². The van der Waals surface area contributed by atoms with E-state index in [0.717, 1.165) is 12.1 Å². The molecule has 0 atom stereocenters. The van der Waals surface area contributed by atoms with Crippen LogP contribution in [0, 0.1) is 6.92 Å². The lowest BCUT2D eigenvalue weighted by atomic mass is 10.1. The number of alkyl halides is 3. The van der Waals surface area contributed by atoms with Crippen LogP contribution in [-0.4, -0.2) is 15.7 Å². The van der Waals surface area contributed by atoms with Gasteiger partial charge in [0, 0.05) is 6.92 Å². The number of carbonyl (C=O) groups excluding carboxylic acids is 1. The lowest BCUT2D eigenvalue weighted by Gasteiger charge is -2.13. The molecule has 0 fully saturated rings. The summed E-state index contributed by atoms with van der Waals surface area (Å²) < 4.78 is 45.3. The van der Waals surface area contributed by atoms with Crippen molar-refractivity contribution in [3.8, 4) is 11.4 Å². The Labute approximate surface area is 156 Å². The highest BCUT2D eigenvalue weighted by Gasteiger charge is 2.32. The number of esters is 1. The summed E-state index contributed by atoms with van der Waals surface area (Å²) in [6.07, 6.45) is -4.57. The van der Waals surface area contributed by atoms with Gasteiger partial charge in [0.15, 0.2) is 0 Å². The van der Waals surface area contributed by atoms with E-state index in [-0.39, 0.29) is 21.5 Å². The second kappa shape index (κ2) is 6.48. The average Bonchev–Trinajstić information content (AvgIpc) is 2.83. The highest BCUT2D eigenvalue weighted by molar-refractivity contribution is 6.38. The zero-order valence-electron chi connectivity index (χ0n) is 13.5. The van der Waals surface area contributed by atoms with Gasteiger partial charge in [-0.1, -0.05) is 29.3 Å². The Morgan fingerprint density at radius 1 is 1.19 bits per heavy atom. The second-order valence-electron chi connectivity index (χ2n) is 5.53. The third-order valence-corrected chi connectivity index (χ3v) is 4.23.